The van der Waals surface area contributed by atoms with Crippen molar-refractivity contribution in [2.45, 2.75) is 39.2 Å². The van der Waals surface area contributed by atoms with Gasteiger partial charge in [0.15, 0.2) is 5.96 Å². The van der Waals surface area contributed by atoms with Crippen LogP contribution in [0.25, 0.3) is 0 Å². The number of piperidine rings is 1. The van der Waals surface area contributed by atoms with E-state index in [1.54, 1.807) is 0 Å². The molecule has 2 fully saturated rings. The first-order valence-corrected chi connectivity index (χ1v) is 10.0. The fraction of sp³-hybridized carbons (Fsp3) is 0.722. The summed E-state index contributed by atoms with van der Waals surface area (Å²) in [5.74, 6) is 1.90. The molecule has 1 N–H and O–H groups in total. The van der Waals surface area contributed by atoms with Gasteiger partial charge in [-0.1, -0.05) is 6.07 Å². The smallest absolute Gasteiger partial charge is 0.193 e. The van der Waals surface area contributed by atoms with Crippen LogP contribution in [0, 0.1) is 5.92 Å². The van der Waals surface area contributed by atoms with E-state index in [1.807, 2.05) is 11.3 Å². The summed E-state index contributed by atoms with van der Waals surface area (Å²) in [5.41, 5.74) is 0. The number of nitrogens with one attached hydrogen (secondary N) is 1. The van der Waals surface area contributed by atoms with Crippen molar-refractivity contribution in [3.8, 4) is 0 Å². The molecule has 1 aromatic heterocycles. The Morgan fingerprint density at radius 3 is 2.70 bits per heavy atom. The first kappa shape index (κ1) is 16.8. The summed E-state index contributed by atoms with van der Waals surface area (Å²) in [5, 5.41) is 5.65. The van der Waals surface area contributed by atoms with Crippen LogP contribution in [0.2, 0.25) is 0 Å². The predicted octanol–water partition coefficient (Wildman–Crippen LogP) is 3.02. The van der Waals surface area contributed by atoms with Gasteiger partial charge in [0.1, 0.15) is 0 Å². The summed E-state index contributed by atoms with van der Waals surface area (Å²) >= 11 is 1.87. The second kappa shape index (κ2) is 8.69. The van der Waals surface area contributed by atoms with Crippen molar-refractivity contribution in [3.63, 3.8) is 0 Å². The zero-order valence-electron chi connectivity index (χ0n) is 14.3. The van der Waals surface area contributed by atoms with Crippen LogP contribution in [0.1, 0.15) is 37.5 Å². The Balaban J connectivity index is 1.44. The van der Waals surface area contributed by atoms with Crippen LogP contribution < -0.4 is 5.32 Å². The largest absolute Gasteiger partial charge is 0.357 e. The van der Waals surface area contributed by atoms with Gasteiger partial charge in [0.25, 0.3) is 0 Å². The molecule has 0 radical (unpaired) electrons. The van der Waals surface area contributed by atoms with Gasteiger partial charge in [-0.15, -0.1) is 11.3 Å². The van der Waals surface area contributed by atoms with Gasteiger partial charge >= 0.3 is 0 Å². The number of rotatable bonds is 5. The van der Waals surface area contributed by atoms with Gasteiger partial charge in [0.2, 0.25) is 0 Å². The number of hydrogen-bond donors (Lipinski definition) is 1. The molecule has 0 atom stereocenters. The van der Waals surface area contributed by atoms with E-state index in [4.69, 9.17) is 4.99 Å². The minimum atomic E-state index is 0.755. The summed E-state index contributed by atoms with van der Waals surface area (Å²) in [6.45, 7) is 10.0. The molecular weight excluding hydrogens is 304 g/mol. The number of aliphatic imine (C=N–C) groups is 1. The Labute approximate surface area is 144 Å². The van der Waals surface area contributed by atoms with E-state index >= 15 is 0 Å². The fourth-order valence-corrected chi connectivity index (χ4v) is 4.27. The Morgan fingerprint density at radius 2 is 2.04 bits per heavy atom. The summed E-state index contributed by atoms with van der Waals surface area (Å²) < 4.78 is 0. The molecule has 0 aliphatic carbocycles. The molecule has 4 nitrogen and oxygen atoms in total. The third-order valence-electron chi connectivity index (χ3n) is 4.91. The fourth-order valence-electron chi connectivity index (χ4n) is 3.52. The average Bonchev–Trinajstić information content (AvgIpc) is 3.26. The SMILES string of the molecule is CCNC(=NCC1CCN(Cc2cccs2)CC1)N1CCCC1. The van der Waals surface area contributed by atoms with Crippen LogP contribution in [0.4, 0.5) is 0 Å². The summed E-state index contributed by atoms with van der Waals surface area (Å²) in [6, 6.07) is 4.40. The Bertz CT molecular complexity index is 471. The molecule has 23 heavy (non-hydrogen) atoms. The zero-order chi connectivity index (χ0) is 15.9. The molecule has 3 heterocycles. The van der Waals surface area contributed by atoms with Crippen LogP contribution in [0.15, 0.2) is 22.5 Å². The molecule has 0 spiro atoms. The second-order valence-corrected chi connectivity index (χ2v) is 7.72. The molecule has 0 bridgehead atoms. The number of guanidine groups is 1. The molecule has 2 aliphatic heterocycles. The monoisotopic (exact) mass is 334 g/mol. The molecule has 0 saturated carbocycles. The van der Waals surface area contributed by atoms with E-state index in [0.717, 1.165) is 31.5 Å². The van der Waals surface area contributed by atoms with Crippen molar-refractivity contribution in [1.29, 1.82) is 0 Å². The van der Waals surface area contributed by atoms with Gasteiger partial charge in [-0.2, -0.15) is 0 Å². The van der Waals surface area contributed by atoms with Crippen LogP contribution in [0.5, 0.6) is 0 Å². The lowest BCUT2D eigenvalue weighted by Crippen LogP contribution is -2.40. The highest BCUT2D eigenvalue weighted by Crippen LogP contribution is 2.21. The minimum absolute atomic E-state index is 0.755. The summed E-state index contributed by atoms with van der Waals surface area (Å²) in [7, 11) is 0. The molecule has 3 rings (SSSR count). The van der Waals surface area contributed by atoms with Crippen LogP contribution in [-0.4, -0.2) is 55.0 Å². The zero-order valence-corrected chi connectivity index (χ0v) is 15.2. The Kier molecular flexibility index (Phi) is 6.34. The van der Waals surface area contributed by atoms with Crippen molar-refractivity contribution in [2.24, 2.45) is 10.9 Å². The molecule has 5 heteroatoms. The molecule has 1 aromatic rings. The van der Waals surface area contributed by atoms with Gasteiger partial charge in [-0.05, 0) is 63.1 Å². The minimum Gasteiger partial charge on any atom is -0.357 e. The third-order valence-corrected chi connectivity index (χ3v) is 5.77. The van der Waals surface area contributed by atoms with Gasteiger partial charge in [0.05, 0.1) is 0 Å². The molecule has 0 aromatic carbocycles. The van der Waals surface area contributed by atoms with Crippen LogP contribution >= 0.6 is 11.3 Å². The lowest BCUT2D eigenvalue weighted by Gasteiger charge is -2.31. The maximum Gasteiger partial charge on any atom is 0.193 e. The number of thiophene rings is 1. The molecule has 0 amide bonds. The molecule has 2 aliphatic rings. The van der Waals surface area contributed by atoms with Gasteiger partial charge in [-0.3, -0.25) is 9.89 Å². The number of nitrogens with zero attached hydrogens (tertiary/aromatic N) is 3. The lowest BCUT2D eigenvalue weighted by atomic mass is 9.97. The van der Waals surface area contributed by atoms with Gasteiger partial charge in [-0.25, -0.2) is 0 Å². The van der Waals surface area contributed by atoms with Gasteiger partial charge in [0, 0.05) is 37.6 Å². The van der Waals surface area contributed by atoms with Crippen molar-refractivity contribution >= 4 is 17.3 Å². The summed E-state index contributed by atoms with van der Waals surface area (Å²) in [4.78, 5) is 11.4. The van der Waals surface area contributed by atoms with E-state index in [9.17, 15) is 0 Å². The van der Waals surface area contributed by atoms with Crippen molar-refractivity contribution in [1.82, 2.24) is 15.1 Å². The lowest BCUT2D eigenvalue weighted by molar-refractivity contribution is 0.182. The topological polar surface area (TPSA) is 30.9 Å². The maximum atomic E-state index is 4.93. The standard InChI is InChI=1S/C18H30N4S/c1-2-19-18(22-9-3-4-10-22)20-14-16-7-11-21(12-8-16)15-17-6-5-13-23-17/h5-6,13,16H,2-4,7-12,14-15H2,1H3,(H,19,20). The molecule has 2 saturated heterocycles. The van der Waals surface area contributed by atoms with E-state index in [2.05, 4.69) is 39.6 Å². The average molecular weight is 335 g/mol. The van der Waals surface area contributed by atoms with Crippen LogP contribution in [-0.2, 0) is 6.54 Å². The predicted molar refractivity (Wildman–Crippen MR) is 99.1 cm³/mol. The normalized spacial score (nSPS) is 21.1. The van der Waals surface area contributed by atoms with E-state index < -0.39 is 0 Å². The van der Waals surface area contributed by atoms with Gasteiger partial charge < -0.3 is 10.2 Å². The molecule has 0 unspecified atom stereocenters. The maximum absolute atomic E-state index is 4.93. The Morgan fingerprint density at radius 1 is 1.26 bits per heavy atom. The summed E-state index contributed by atoms with van der Waals surface area (Å²) in [6.07, 6.45) is 5.19. The third kappa shape index (κ3) is 4.95. The van der Waals surface area contributed by atoms with Crippen molar-refractivity contribution in [3.05, 3.63) is 22.4 Å². The van der Waals surface area contributed by atoms with E-state index in [-0.39, 0.29) is 0 Å². The van der Waals surface area contributed by atoms with Crippen molar-refractivity contribution in [2.75, 3.05) is 39.3 Å². The highest BCUT2D eigenvalue weighted by atomic mass is 32.1. The van der Waals surface area contributed by atoms with Crippen LogP contribution in [0.3, 0.4) is 0 Å². The number of hydrogen-bond acceptors (Lipinski definition) is 3. The quantitative estimate of drug-likeness (QED) is 0.663. The highest BCUT2D eigenvalue weighted by Gasteiger charge is 2.20. The second-order valence-electron chi connectivity index (χ2n) is 6.69. The number of likely N-dealkylation sites (tertiary alicyclic amines) is 2. The Hall–Kier alpha value is -1.07. The van der Waals surface area contributed by atoms with Crippen molar-refractivity contribution < 1.29 is 0 Å². The molecular formula is C18H30N4S. The first-order valence-electron chi connectivity index (χ1n) is 9.13. The van der Waals surface area contributed by atoms with E-state index in [1.165, 1.54) is 56.7 Å². The molecule has 128 valence electrons. The first-order chi connectivity index (χ1) is 11.3. The highest BCUT2D eigenvalue weighted by molar-refractivity contribution is 7.09. The van der Waals surface area contributed by atoms with E-state index in [0.29, 0.717) is 0 Å².